The number of aromatic nitrogens is 1. The lowest BCUT2D eigenvalue weighted by molar-refractivity contribution is 0.262. The first-order valence-electron chi connectivity index (χ1n) is 13.8. The number of nitrogens with one attached hydrogen (secondary N) is 3. The highest BCUT2D eigenvalue weighted by Gasteiger charge is 2.20. The molecular formula is C35H39N4O2P. The molecule has 0 spiro atoms. The summed E-state index contributed by atoms with van der Waals surface area (Å²) in [5, 5.41) is 12.4. The summed E-state index contributed by atoms with van der Waals surface area (Å²) in [5.74, 6) is 1.90. The van der Waals surface area contributed by atoms with Gasteiger partial charge in [-0.3, -0.25) is 0 Å². The van der Waals surface area contributed by atoms with Crippen LogP contribution in [-0.2, 0) is 5.41 Å². The number of amides is 2. The number of allylic oxidation sites excluding steroid dienone is 3. The summed E-state index contributed by atoms with van der Waals surface area (Å²) in [5.41, 5.74) is 4.57. The molecule has 1 heterocycles. The quantitative estimate of drug-likeness (QED) is 0.137. The highest BCUT2D eigenvalue weighted by Crippen LogP contribution is 2.36. The van der Waals surface area contributed by atoms with Gasteiger partial charge in [-0.05, 0) is 78.5 Å². The van der Waals surface area contributed by atoms with E-state index in [2.05, 4.69) is 87.2 Å². The third-order valence-electron chi connectivity index (χ3n) is 6.86. The fourth-order valence-corrected chi connectivity index (χ4v) is 5.77. The van der Waals surface area contributed by atoms with E-state index in [-0.39, 0.29) is 19.4 Å². The number of nitrogens with zero attached hydrogens (tertiary/aromatic N) is 1. The normalized spacial score (nSPS) is 11.7. The summed E-state index contributed by atoms with van der Waals surface area (Å²) in [6, 6.07) is 19.3. The third kappa shape index (κ3) is 7.26. The van der Waals surface area contributed by atoms with E-state index in [1.54, 1.807) is 24.4 Å². The molecule has 4 rings (SSSR count). The maximum absolute atomic E-state index is 13.3. The number of urea groups is 1. The molecule has 1 aromatic heterocycles. The maximum atomic E-state index is 13.3. The van der Waals surface area contributed by atoms with Gasteiger partial charge in [0.05, 0.1) is 5.69 Å². The second-order valence-corrected chi connectivity index (χ2v) is 13.5. The van der Waals surface area contributed by atoms with Crippen molar-refractivity contribution >= 4 is 47.2 Å². The highest BCUT2D eigenvalue weighted by atomic mass is 31.1. The Morgan fingerprint density at radius 2 is 1.64 bits per heavy atom. The van der Waals surface area contributed by atoms with Crippen molar-refractivity contribution in [1.29, 1.82) is 0 Å². The molecule has 7 heteroatoms. The first kappa shape index (κ1) is 30.5. The predicted molar refractivity (Wildman–Crippen MR) is 181 cm³/mol. The van der Waals surface area contributed by atoms with E-state index in [4.69, 9.17) is 4.74 Å². The number of benzene rings is 3. The molecule has 0 aliphatic heterocycles. The lowest BCUT2D eigenvalue weighted by Crippen LogP contribution is -2.23. The number of hydrogen-bond donors (Lipinski definition) is 3. The Labute approximate surface area is 250 Å². The Balaban J connectivity index is 1.59. The largest absolute Gasteiger partial charge is 0.457 e. The molecule has 6 nitrogen and oxygen atoms in total. The van der Waals surface area contributed by atoms with Crippen LogP contribution in [0, 0.1) is 6.92 Å². The SMILES string of the molecule is C=C/C=C(\C=C)Nc1cc(Oc2ccc(NC(=O)Nc3cc(C(C)(C)C)cc(P(C)C)c3C)c3ccccc23)ccn1. The van der Waals surface area contributed by atoms with Crippen LogP contribution in [0.4, 0.5) is 22.0 Å². The number of hydrogen-bond acceptors (Lipinski definition) is 4. The summed E-state index contributed by atoms with van der Waals surface area (Å²) >= 11 is 0. The molecule has 0 aliphatic rings. The minimum absolute atomic E-state index is 0.0331. The fourth-order valence-electron chi connectivity index (χ4n) is 4.58. The average Bonchev–Trinajstić information content (AvgIpc) is 2.94. The van der Waals surface area contributed by atoms with Gasteiger partial charge in [0.25, 0.3) is 0 Å². The predicted octanol–water partition coefficient (Wildman–Crippen LogP) is 9.31. The molecule has 0 aliphatic carbocycles. The fraction of sp³-hybridized carbons (Fsp3) is 0.200. The van der Waals surface area contributed by atoms with Crippen LogP contribution in [0.3, 0.4) is 0 Å². The zero-order valence-electron chi connectivity index (χ0n) is 25.2. The van der Waals surface area contributed by atoms with Gasteiger partial charge < -0.3 is 20.7 Å². The number of anilines is 3. The number of pyridine rings is 1. The lowest BCUT2D eigenvalue weighted by Gasteiger charge is -2.24. The number of ether oxygens (including phenoxy) is 1. The molecule has 0 unspecified atom stereocenters. The second-order valence-electron chi connectivity index (χ2n) is 11.2. The number of carbonyl (C=O) groups is 1. The van der Waals surface area contributed by atoms with Gasteiger partial charge in [0.15, 0.2) is 0 Å². The van der Waals surface area contributed by atoms with Crippen molar-refractivity contribution in [3.8, 4) is 11.5 Å². The van der Waals surface area contributed by atoms with Gasteiger partial charge in [0.1, 0.15) is 17.3 Å². The van der Waals surface area contributed by atoms with Gasteiger partial charge in [-0.2, -0.15) is 0 Å². The zero-order chi connectivity index (χ0) is 30.4. The van der Waals surface area contributed by atoms with E-state index in [1.807, 2.05) is 48.5 Å². The van der Waals surface area contributed by atoms with Gasteiger partial charge >= 0.3 is 6.03 Å². The number of fused-ring (bicyclic) bond motifs is 1. The van der Waals surface area contributed by atoms with E-state index in [0.29, 0.717) is 23.0 Å². The number of carbonyl (C=O) groups excluding carboxylic acids is 1. The molecule has 0 fully saturated rings. The standard InChI is InChI=1S/C35H39N4O2P/c1-9-13-25(10-2)37-33-22-26(18-19-36-33)41-31-17-16-29(27-14-11-12-15-28(27)31)38-34(40)39-30-20-24(35(4,5)6)21-32(23(30)3)42(7)8/h9-22H,1-2H2,3-8H3,(H,36,37)(H2,38,39,40)/b25-13+. The van der Waals surface area contributed by atoms with Gasteiger partial charge in [-0.15, -0.1) is 0 Å². The third-order valence-corrected chi connectivity index (χ3v) is 8.29. The highest BCUT2D eigenvalue weighted by molar-refractivity contribution is 7.64. The minimum atomic E-state index is -0.332. The van der Waals surface area contributed by atoms with Crippen LogP contribution in [0.1, 0.15) is 31.9 Å². The molecule has 4 aromatic rings. The van der Waals surface area contributed by atoms with E-state index in [0.717, 1.165) is 27.7 Å². The van der Waals surface area contributed by atoms with Crippen LogP contribution in [-0.4, -0.2) is 24.3 Å². The summed E-state index contributed by atoms with van der Waals surface area (Å²) in [6.45, 7) is 20.7. The van der Waals surface area contributed by atoms with Crippen molar-refractivity contribution in [1.82, 2.24) is 4.98 Å². The maximum Gasteiger partial charge on any atom is 0.323 e. The van der Waals surface area contributed by atoms with Crippen LogP contribution in [0.15, 0.2) is 104 Å². The molecular weight excluding hydrogens is 539 g/mol. The van der Waals surface area contributed by atoms with Crippen molar-refractivity contribution in [3.05, 3.63) is 115 Å². The van der Waals surface area contributed by atoms with Crippen molar-refractivity contribution in [2.45, 2.75) is 33.1 Å². The molecule has 0 atom stereocenters. The molecule has 0 saturated heterocycles. The molecule has 0 radical (unpaired) electrons. The van der Waals surface area contributed by atoms with Crippen molar-refractivity contribution in [2.24, 2.45) is 0 Å². The van der Waals surface area contributed by atoms with Crippen LogP contribution in [0.25, 0.3) is 10.8 Å². The first-order chi connectivity index (χ1) is 20.0. The Kier molecular flexibility index (Phi) is 9.49. The Hall–Kier alpha value is -4.41. The summed E-state index contributed by atoms with van der Waals surface area (Å²) in [4.78, 5) is 17.7. The van der Waals surface area contributed by atoms with E-state index in [9.17, 15) is 4.79 Å². The number of rotatable bonds is 9. The zero-order valence-corrected chi connectivity index (χ0v) is 26.1. The van der Waals surface area contributed by atoms with Crippen LogP contribution >= 0.6 is 7.92 Å². The molecule has 216 valence electrons. The summed E-state index contributed by atoms with van der Waals surface area (Å²) in [7, 11) is -0.332. The molecule has 0 bridgehead atoms. The Morgan fingerprint density at radius 3 is 2.31 bits per heavy atom. The van der Waals surface area contributed by atoms with E-state index < -0.39 is 0 Å². The van der Waals surface area contributed by atoms with Crippen molar-refractivity contribution in [3.63, 3.8) is 0 Å². The summed E-state index contributed by atoms with van der Waals surface area (Å²) < 4.78 is 6.29. The second kappa shape index (κ2) is 13.1. The molecule has 42 heavy (non-hydrogen) atoms. The van der Waals surface area contributed by atoms with Crippen molar-refractivity contribution < 1.29 is 9.53 Å². The van der Waals surface area contributed by atoms with Gasteiger partial charge in [-0.25, -0.2) is 9.78 Å². The molecule has 0 saturated carbocycles. The Morgan fingerprint density at radius 1 is 0.929 bits per heavy atom. The lowest BCUT2D eigenvalue weighted by atomic mass is 9.86. The Bertz CT molecular complexity index is 1670. The molecule has 2 amide bonds. The van der Waals surface area contributed by atoms with Crippen LogP contribution < -0.4 is 26.0 Å². The van der Waals surface area contributed by atoms with Gasteiger partial charge in [0, 0.05) is 34.4 Å². The van der Waals surface area contributed by atoms with Crippen LogP contribution in [0.2, 0.25) is 0 Å². The van der Waals surface area contributed by atoms with Gasteiger partial charge in [-0.1, -0.05) is 78.3 Å². The topological polar surface area (TPSA) is 75.3 Å². The van der Waals surface area contributed by atoms with Crippen molar-refractivity contribution in [2.75, 3.05) is 29.3 Å². The van der Waals surface area contributed by atoms with E-state index in [1.165, 1.54) is 10.9 Å². The minimum Gasteiger partial charge on any atom is -0.457 e. The molecule has 3 aromatic carbocycles. The average molecular weight is 579 g/mol. The smallest absolute Gasteiger partial charge is 0.323 e. The van der Waals surface area contributed by atoms with Gasteiger partial charge in [0.2, 0.25) is 0 Å². The monoisotopic (exact) mass is 578 g/mol. The van der Waals surface area contributed by atoms with Crippen LogP contribution in [0.5, 0.6) is 11.5 Å². The summed E-state index contributed by atoms with van der Waals surface area (Å²) in [6.07, 6.45) is 6.86. The van der Waals surface area contributed by atoms with E-state index >= 15 is 0 Å². The first-order valence-corrected chi connectivity index (χ1v) is 16.0. The molecule has 3 N–H and O–H groups in total.